The van der Waals surface area contributed by atoms with Crippen molar-refractivity contribution in [2.45, 2.75) is 26.9 Å². The zero-order valence-corrected chi connectivity index (χ0v) is 15.6. The van der Waals surface area contributed by atoms with Crippen LogP contribution in [0.15, 0.2) is 60.2 Å². The van der Waals surface area contributed by atoms with Crippen molar-refractivity contribution in [3.05, 3.63) is 86.3 Å². The van der Waals surface area contributed by atoms with Gasteiger partial charge in [0.1, 0.15) is 11.9 Å². The van der Waals surface area contributed by atoms with E-state index in [0.717, 1.165) is 31.4 Å². The average Bonchev–Trinajstić information content (AvgIpc) is 2.54. The van der Waals surface area contributed by atoms with Crippen LogP contribution in [0.2, 0.25) is 0 Å². The number of allylic oxidation sites excluding steroid dienone is 3. The molecule has 23 heavy (non-hydrogen) atoms. The highest BCUT2D eigenvalue weighted by Crippen LogP contribution is 2.26. The smallest absolute Gasteiger partial charge is 0.123 e. The summed E-state index contributed by atoms with van der Waals surface area (Å²) in [6.07, 6.45) is 3.25. The van der Waals surface area contributed by atoms with E-state index in [4.69, 9.17) is 0 Å². The van der Waals surface area contributed by atoms with E-state index in [9.17, 15) is 9.50 Å². The maximum absolute atomic E-state index is 13.0. The van der Waals surface area contributed by atoms with Crippen LogP contribution in [0.3, 0.4) is 0 Å². The van der Waals surface area contributed by atoms with Gasteiger partial charge in [0.15, 0.2) is 0 Å². The van der Waals surface area contributed by atoms with Gasteiger partial charge in [0.05, 0.1) is 0 Å². The van der Waals surface area contributed by atoms with Gasteiger partial charge in [-0.1, -0.05) is 30.4 Å². The summed E-state index contributed by atoms with van der Waals surface area (Å²) < 4.78 is 14.1. The van der Waals surface area contributed by atoms with Crippen LogP contribution in [0.25, 0.3) is 5.57 Å². The number of benzene rings is 2. The Balaban J connectivity index is 2.23. The summed E-state index contributed by atoms with van der Waals surface area (Å²) in [5, 5.41) is 10.6. The lowest BCUT2D eigenvalue weighted by Crippen LogP contribution is -2.02. The van der Waals surface area contributed by atoms with Gasteiger partial charge in [-0.15, -0.1) is 0 Å². The molecule has 0 heterocycles. The van der Waals surface area contributed by atoms with Gasteiger partial charge >= 0.3 is 0 Å². The lowest BCUT2D eigenvalue weighted by molar-refractivity contribution is 0.215. The van der Waals surface area contributed by atoms with E-state index in [0.29, 0.717) is 0 Å². The molecule has 0 radical (unpaired) electrons. The van der Waals surface area contributed by atoms with Gasteiger partial charge in [-0.05, 0) is 95.5 Å². The molecule has 1 atom stereocenters. The van der Waals surface area contributed by atoms with Crippen molar-refractivity contribution in [3.63, 3.8) is 0 Å². The zero-order valence-electron chi connectivity index (χ0n) is 13.5. The Morgan fingerprint density at radius 3 is 2.39 bits per heavy atom. The molecule has 0 bridgehead atoms. The van der Waals surface area contributed by atoms with E-state index in [1.807, 2.05) is 51.1 Å². The Hall–Kier alpha value is -1.46. The molecule has 1 unspecified atom stereocenters. The summed E-state index contributed by atoms with van der Waals surface area (Å²) in [6, 6.07) is 12.5. The van der Waals surface area contributed by atoms with Crippen LogP contribution in [0.1, 0.15) is 36.6 Å². The van der Waals surface area contributed by atoms with Crippen molar-refractivity contribution in [2.75, 3.05) is 0 Å². The quantitative estimate of drug-likeness (QED) is 0.486. The molecule has 2 aromatic carbocycles. The summed E-state index contributed by atoms with van der Waals surface area (Å²) in [7, 11) is 0. The Bertz CT molecular complexity index is 745. The normalized spacial score (nSPS) is 14.0. The van der Waals surface area contributed by atoms with Gasteiger partial charge < -0.3 is 5.11 Å². The first kappa shape index (κ1) is 17.9. The number of halogens is 2. The Labute approximate surface area is 150 Å². The van der Waals surface area contributed by atoms with Gasteiger partial charge in [0, 0.05) is 3.57 Å². The Morgan fingerprint density at radius 1 is 1.09 bits per heavy atom. The van der Waals surface area contributed by atoms with Gasteiger partial charge in [-0.3, -0.25) is 0 Å². The molecule has 1 N–H and O–H groups in total. The van der Waals surface area contributed by atoms with E-state index < -0.39 is 6.10 Å². The SMILES string of the molecule is C/C(=C\C=C(/C)C(O)c1cc(I)ccc1C)c1ccc(F)cc1. The summed E-state index contributed by atoms with van der Waals surface area (Å²) in [5.41, 5.74) is 4.87. The molecule has 0 spiro atoms. The minimum Gasteiger partial charge on any atom is -0.384 e. The third-order valence-corrected chi connectivity index (χ3v) is 4.53. The van der Waals surface area contributed by atoms with Crippen LogP contribution in [-0.2, 0) is 0 Å². The standard InChI is InChI=1S/C20H20FIO/c1-13(16-7-9-17(21)10-8-16)4-5-15(3)20(23)19-12-18(22)11-6-14(19)2/h4-12,20,23H,1-3H3/b13-4+,15-5+. The van der Waals surface area contributed by atoms with Crippen LogP contribution in [0.4, 0.5) is 4.39 Å². The lowest BCUT2D eigenvalue weighted by atomic mass is 9.97. The molecule has 0 aromatic heterocycles. The summed E-state index contributed by atoms with van der Waals surface area (Å²) in [4.78, 5) is 0. The summed E-state index contributed by atoms with van der Waals surface area (Å²) in [5.74, 6) is -0.238. The minimum atomic E-state index is -0.623. The molecule has 2 aromatic rings. The second-order valence-electron chi connectivity index (χ2n) is 5.67. The summed E-state index contributed by atoms with van der Waals surface area (Å²) in [6.45, 7) is 5.89. The van der Waals surface area contributed by atoms with Crippen molar-refractivity contribution in [2.24, 2.45) is 0 Å². The highest BCUT2D eigenvalue weighted by atomic mass is 127. The highest BCUT2D eigenvalue weighted by molar-refractivity contribution is 14.1. The molecule has 0 fully saturated rings. The third-order valence-electron chi connectivity index (χ3n) is 3.86. The second kappa shape index (κ2) is 7.88. The maximum Gasteiger partial charge on any atom is 0.123 e. The van der Waals surface area contributed by atoms with Crippen molar-refractivity contribution >= 4 is 28.2 Å². The first-order valence-corrected chi connectivity index (χ1v) is 8.51. The van der Waals surface area contributed by atoms with Gasteiger partial charge in [0.2, 0.25) is 0 Å². The van der Waals surface area contributed by atoms with E-state index >= 15 is 0 Å². The number of hydrogen-bond acceptors (Lipinski definition) is 1. The van der Waals surface area contributed by atoms with Crippen molar-refractivity contribution in [1.82, 2.24) is 0 Å². The van der Waals surface area contributed by atoms with Gasteiger partial charge in [-0.25, -0.2) is 4.39 Å². The largest absolute Gasteiger partial charge is 0.384 e. The van der Waals surface area contributed by atoms with E-state index in [1.165, 1.54) is 12.1 Å². The third kappa shape index (κ3) is 4.75. The molecular weight excluding hydrogens is 402 g/mol. The molecule has 0 aliphatic carbocycles. The first-order chi connectivity index (χ1) is 10.9. The molecule has 2 rings (SSSR count). The number of aryl methyl sites for hydroxylation is 1. The maximum atomic E-state index is 13.0. The van der Waals surface area contributed by atoms with Crippen LogP contribution < -0.4 is 0 Å². The van der Waals surface area contributed by atoms with Crippen LogP contribution in [0, 0.1) is 16.3 Å². The predicted octanol–water partition coefficient (Wildman–Crippen LogP) is 5.82. The van der Waals surface area contributed by atoms with Gasteiger partial charge in [-0.2, -0.15) is 0 Å². The van der Waals surface area contributed by atoms with E-state index in [2.05, 4.69) is 22.6 Å². The Morgan fingerprint density at radius 2 is 1.74 bits per heavy atom. The number of aliphatic hydroxyl groups excluding tert-OH is 1. The van der Waals surface area contributed by atoms with E-state index in [-0.39, 0.29) is 5.82 Å². The second-order valence-corrected chi connectivity index (χ2v) is 6.92. The molecule has 3 heteroatoms. The molecule has 0 amide bonds. The average molecular weight is 422 g/mol. The topological polar surface area (TPSA) is 20.2 Å². The van der Waals surface area contributed by atoms with Crippen molar-refractivity contribution < 1.29 is 9.50 Å². The zero-order chi connectivity index (χ0) is 17.0. The number of hydrogen-bond donors (Lipinski definition) is 1. The molecule has 120 valence electrons. The molecule has 0 aliphatic heterocycles. The molecule has 0 saturated carbocycles. The lowest BCUT2D eigenvalue weighted by Gasteiger charge is -2.15. The number of aliphatic hydroxyl groups is 1. The molecule has 1 nitrogen and oxygen atoms in total. The molecule has 0 aliphatic rings. The fourth-order valence-electron chi connectivity index (χ4n) is 2.31. The Kier molecular flexibility index (Phi) is 6.13. The van der Waals surface area contributed by atoms with Crippen molar-refractivity contribution in [1.29, 1.82) is 0 Å². The van der Waals surface area contributed by atoms with Crippen LogP contribution in [-0.4, -0.2) is 5.11 Å². The molecule has 0 saturated heterocycles. The fraction of sp³-hybridized carbons (Fsp3) is 0.200. The summed E-state index contributed by atoms with van der Waals surface area (Å²) >= 11 is 2.25. The van der Waals surface area contributed by atoms with Crippen molar-refractivity contribution in [3.8, 4) is 0 Å². The predicted molar refractivity (Wildman–Crippen MR) is 103 cm³/mol. The first-order valence-electron chi connectivity index (χ1n) is 7.43. The van der Waals surface area contributed by atoms with E-state index in [1.54, 1.807) is 12.1 Å². The van der Waals surface area contributed by atoms with Crippen LogP contribution in [0.5, 0.6) is 0 Å². The highest BCUT2D eigenvalue weighted by Gasteiger charge is 2.12. The number of rotatable bonds is 4. The monoisotopic (exact) mass is 422 g/mol. The minimum absolute atomic E-state index is 0.238. The fourth-order valence-corrected chi connectivity index (χ4v) is 2.82. The molecular formula is C20H20FIO. The van der Waals surface area contributed by atoms with Gasteiger partial charge in [0.25, 0.3) is 0 Å². The van der Waals surface area contributed by atoms with Crippen LogP contribution >= 0.6 is 22.6 Å².